The molecule has 1 fully saturated rings. The molecular formula is C20H35FN2OS. The second-order valence-corrected chi connectivity index (χ2v) is 8.31. The van der Waals surface area contributed by atoms with Crippen LogP contribution >= 0.6 is 12.6 Å². The molecule has 0 radical (unpaired) electrons. The second kappa shape index (κ2) is 11.0. The zero-order valence-electron chi connectivity index (χ0n) is 15.9. The molecule has 1 aliphatic carbocycles. The summed E-state index contributed by atoms with van der Waals surface area (Å²) in [5.74, 6) is 1.64. The Morgan fingerprint density at radius 1 is 1.24 bits per heavy atom. The Balaban J connectivity index is 0.000000381. The van der Waals surface area contributed by atoms with Gasteiger partial charge in [0, 0.05) is 6.04 Å². The normalized spacial score (nSPS) is 15.3. The lowest BCUT2D eigenvalue weighted by atomic mass is 9.83. The third-order valence-electron chi connectivity index (χ3n) is 4.28. The summed E-state index contributed by atoms with van der Waals surface area (Å²) < 4.78 is 19.2. The van der Waals surface area contributed by atoms with E-state index in [1.165, 1.54) is 31.7 Å². The van der Waals surface area contributed by atoms with Crippen LogP contribution in [-0.2, 0) is 0 Å². The van der Waals surface area contributed by atoms with Crippen LogP contribution in [0, 0.1) is 17.2 Å². The quantitative estimate of drug-likeness (QED) is 0.459. The van der Waals surface area contributed by atoms with Crippen molar-refractivity contribution in [2.24, 2.45) is 22.8 Å². The molecule has 4 N–H and O–H groups in total. The standard InChI is InChI=1S/C15H22FNO.C5H13NS/c1-15(2,3)14(17)11-6-7-12(16)13(8-11)18-9-10-4-5-10;6-4-2-1-3-5-7/h6-8,10,14H,4-5,9,17H2,1-3H3;7H,1-6H2. The predicted octanol–water partition coefficient (Wildman–Crippen LogP) is 4.71. The Kier molecular flexibility index (Phi) is 9.83. The molecule has 144 valence electrons. The van der Waals surface area contributed by atoms with Gasteiger partial charge >= 0.3 is 0 Å². The molecule has 0 spiro atoms. The van der Waals surface area contributed by atoms with Gasteiger partial charge in [-0.3, -0.25) is 0 Å². The van der Waals surface area contributed by atoms with Gasteiger partial charge in [0.1, 0.15) is 0 Å². The smallest absolute Gasteiger partial charge is 0.165 e. The minimum absolute atomic E-state index is 0.0500. The third-order valence-corrected chi connectivity index (χ3v) is 4.60. The van der Waals surface area contributed by atoms with Gasteiger partial charge in [-0.2, -0.15) is 12.6 Å². The monoisotopic (exact) mass is 370 g/mol. The maximum Gasteiger partial charge on any atom is 0.165 e. The maximum absolute atomic E-state index is 13.6. The van der Waals surface area contributed by atoms with Crippen LogP contribution in [0.2, 0.25) is 0 Å². The van der Waals surface area contributed by atoms with Crippen molar-refractivity contribution in [3.05, 3.63) is 29.6 Å². The molecule has 5 heteroatoms. The van der Waals surface area contributed by atoms with Crippen LogP contribution in [0.3, 0.4) is 0 Å². The molecule has 1 aliphatic rings. The molecule has 0 aliphatic heterocycles. The van der Waals surface area contributed by atoms with E-state index in [9.17, 15) is 4.39 Å². The van der Waals surface area contributed by atoms with Gasteiger partial charge in [-0.15, -0.1) is 0 Å². The minimum atomic E-state index is -0.305. The Hall–Kier alpha value is -0.780. The van der Waals surface area contributed by atoms with Gasteiger partial charge in [0.05, 0.1) is 6.61 Å². The second-order valence-electron chi connectivity index (χ2n) is 7.86. The van der Waals surface area contributed by atoms with Gasteiger partial charge in [-0.25, -0.2) is 4.39 Å². The molecule has 1 atom stereocenters. The first-order chi connectivity index (χ1) is 11.8. The largest absolute Gasteiger partial charge is 0.490 e. The van der Waals surface area contributed by atoms with E-state index < -0.39 is 0 Å². The average molecular weight is 371 g/mol. The first kappa shape index (κ1) is 22.3. The molecule has 1 aromatic carbocycles. The van der Waals surface area contributed by atoms with E-state index in [2.05, 4.69) is 33.4 Å². The SMILES string of the molecule is CC(C)(C)C(N)c1ccc(F)c(OCC2CC2)c1.NCCCCCS. The van der Waals surface area contributed by atoms with Gasteiger partial charge < -0.3 is 16.2 Å². The molecule has 0 aromatic heterocycles. The van der Waals surface area contributed by atoms with E-state index >= 15 is 0 Å². The fraction of sp³-hybridized carbons (Fsp3) is 0.700. The van der Waals surface area contributed by atoms with Crippen LogP contribution in [0.25, 0.3) is 0 Å². The number of thiol groups is 1. The van der Waals surface area contributed by atoms with E-state index in [4.69, 9.17) is 16.2 Å². The number of hydrogen-bond donors (Lipinski definition) is 3. The van der Waals surface area contributed by atoms with Crippen molar-refractivity contribution in [2.75, 3.05) is 18.9 Å². The molecule has 0 bridgehead atoms. The summed E-state index contributed by atoms with van der Waals surface area (Å²) in [7, 11) is 0. The Morgan fingerprint density at radius 2 is 1.92 bits per heavy atom. The summed E-state index contributed by atoms with van der Waals surface area (Å²) in [5.41, 5.74) is 12.3. The van der Waals surface area contributed by atoms with E-state index in [1.54, 1.807) is 12.1 Å². The van der Waals surface area contributed by atoms with Crippen molar-refractivity contribution < 1.29 is 9.13 Å². The summed E-state index contributed by atoms with van der Waals surface area (Å²) in [6.45, 7) is 7.67. The maximum atomic E-state index is 13.6. The number of unbranched alkanes of at least 4 members (excludes halogenated alkanes) is 2. The molecule has 25 heavy (non-hydrogen) atoms. The molecule has 0 heterocycles. The molecule has 2 rings (SSSR count). The minimum Gasteiger partial charge on any atom is -0.490 e. The number of benzene rings is 1. The van der Waals surface area contributed by atoms with Crippen molar-refractivity contribution in [3.63, 3.8) is 0 Å². The molecule has 1 aromatic rings. The summed E-state index contributed by atoms with van der Waals surface area (Å²) >= 11 is 4.05. The molecular weight excluding hydrogens is 335 g/mol. The lowest BCUT2D eigenvalue weighted by Gasteiger charge is -2.27. The van der Waals surface area contributed by atoms with Crippen LogP contribution in [-0.4, -0.2) is 18.9 Å². The zero-order chi connectivity index (χ0) is 18.9. The average Bonchev–Trinajstić information content (AvgIpc) is 3.38. The molecule has 1 saturated carbocycles. The summed E-state index contributed by atoms with van der Waals surface area (Å²) in [4.78, 5) is 0. The van der Waals surface area contributed by atoms with E-state index in [0.29, 0.717) is 18.3 Å². The van der Waals surface area contributed by atoms with Crippen molar-refractivity contribution >= 4 is 12.6 Å². The van der Waals surface area contributed by atoms with E-state index in [1.807, 2.05) is 0 Å². The fourth-order valence-corrected chi connectivity index (χ4v) is 2.47. The lowest BCUT2D eigenvalue weighted by Crippen LogP contribution is -2.26. The Morgan fingerprint density at radius 3 is 2.44 bits per heavy atom. The van der Waals surface area contributed by atoms with Crippen LogP contribution in [0.1, 0.15) is 64.5 Å². The van der Waals surface area contributed by atoms with Gasteiger partial charge in [0.15, 0.2) is 11.6 Å². The van der Waals surface area contributed by atoms with Gasteiger partial charge in [0.25, 0.3) is 0 Å². The highest BCUT2D eigenvalue weighted by Gasteiger charge is 2.25. The van der Waals surface area contributed by atoms with E-state index in [0.717, 1.165) is 24.3 Å². The molecule has 1 unspecified atom stereocenters. The Bertz CT molecular complexity index is 497. The highest BCUT2D eigenvalue weighted by Crippen LogP contribution is 2.34. The van der Waals surface area contributed by atoms with Gasteiger partial charge in [0.2, 0.25) is 0 Å². The molecule has 0 saturated heterocycles. The lowest BCUT2D eigenvalue weighted by molar-refractivity contribution is 0.282. The third kappa shape index (κ3) is 8.93. The van der Waals surface area contributed by atoms with Crippen molar-refractivity contribution in [1.82, 2.24) is 0 Å². The first-order valence-electron chi connectivity index (χ1n) is 9.28. The number of ether oxygens (including phenoxy) is 1. The van der Waals surface area contributed by atoms with Crippen LogP contribution in [0.5, 0.6) is 5.75 Å². The first-order valence-corrected chi connectivity index (χ1v) is 9.91. The highest BCUT2D eigenvalue weighted by atomic mass is 32.1. The van der Waals surface area contributed by atoms with Gasteiger partial charge in [-0.05, 0) is 67.0 Å². The number of nitrogens with two attached hydrogens (primary N) is 2. The van der Waals surface area contributed by atoms with Crippen molar-refractivity contribution in [2.45, 2.75) is 58.9 Å². The van der Waals surface area contributed by atoms with Crippen molar-refractivity contribution in [1.29, 1.82) is 0 Å². The predicted molar refractivity (Wildman–Crippen MR) is 108 cm³/mol. The van der Waals surface area contributed by atoms with Crippen molar-refractivity contribution in [3.8, 4) is 5.75 Å². The summed E-state index contributed by atoms with van der Waals surface area (Å²) in [6, 6.07) is 4.81. The van der Waals surface area contributed by atoms with Gasteiger partial charge in [-0.1, -0.05) is 33.3 Å². The topological polar surface area (TPSA) is 61.3 Å². The Labute approximate surface area is 158 Å². The summed E-state index contributed by atoms with van der Waals surface area (Å²) in [6.07, 6.45) is 5.99. The number of hydrogen-bond acceptors (Lipinski definition) is 4. The number of halogens is 1. The van der Waals surface area contributed by atoms with Crippen LogP contribution < -0.4 is 16.2 Å². The zero-order valence-corrected chi connectivity index (χ0v) is 16.8. The fourth-order valence-electron chi connectivity index (χ4n) is 2.25. The van der Waals surface area contributed by atoms with Crippen LogP contribution in [0.15, 0.2) is 18.2 Å². The summed E-state index contributed by atoms with van der Waals surface area (Å²) in [5, 5.41) is 0. The molecule has 0 amide bonds. The molecule has 3 nitrogen and oxygen atoms in total. The highest BCUT2D eigenvalue weighted by molar-refractivity contribution is 7.80. The van der Waals surface area contributed by atoms with Crippen LogP contribution in [0.4, 0.5) is 4.39 Å². The number of rotatable bonds is 8. The van der Waals surface area contributed by atoms with E-state index in [-0.39, 0.29) is 17.3 Å².